The van der Waals surface area contributed by atoms with E-state index in [2.05, 4.69) is 15.0 Å². The largest absolute Gasteiger partial charge is 0.326 e. The van der Waals surface area contributed by atoms with E-state index in [1.807, 2.05) is 6.92 Å². The van der Waals surface area contributed by atoms with Crippen LogP contribution in [0.4, 0.5) is 5.69 Å². The third-order valence-electron chi connectivity index (χ3n) is 3.45. The molecule has 0 saturated heterocycles. The molecule has 1 amide bonds. The first-order valence-electron chi connectivity index (χ1n) is 7.65. The number of rotatable bonds is 6. The number of nitrogens with one attached hydrogen (secondary N) is 2. The molecule has 1 aliphatic heterocycles. The van der Waals surface area contributed by atoms with Gasteiger partial charge in [0.15, 0.2) is 0 Å². The highest BCUT2D eigenvalue weighted by Crippen LogP contribution is 2.37. The minimum absolute atomic E-state index is 0.00765. The average Bonchev–Trinajstić information content (AvgIpc) is 2.91. The highest BCUT2D eigenvalue weighted by molar-refractivity contribution is 8.35. The summed E-state index contributed by atoms with van der Waals surface area (Å²) < 4.78 is 50.7. The van der Waals surface area contributed by atoms with E-state index in [-0.39, 0.29) is 21.7 Å². The van der Waals surface area contributed by atoms with Crippen molar-refractivity contribution in [2.75, 3.05) is 11.9 Å². The van der Waals surface area contributed by atoms with Crippen LogP contribution in [0.1, 0.15) is 26.7 Å². The molecular formula is C14H20N4O5S3. The molecule has 0 radical (unpaired) electrons. The van der Waals surface area contributed by atoms with Gasteiger partial charge in [-0.1, -0.05) is 25.1 Å². The first-order chi connectivity index (χ1) is 12.0. The molecule has 0 aliphatic carbocycles. The molecule has 0 saturated carbocycles. The van der Waals surface area contributed by atoms with Gasteiger partial charge >= 0.3 is 0 Å². The van der Waals surface area contributed by atoms with Crippen molar-refractivity contribution in [2.45, 2.75) is 36.5 Å². The zero-order chi connectivity index (χ0) is 19.6. The Labute approximate surface area is 156 Å². The fourth-order valence-electron chi connectivity index (χ4n) is 2.43. The van der Waals surface area contributed by atoms with Crippen LogP contribution in [-0.4, -0.2) is 38.5 Å². The lowest BCUT2D eigenvalue weighted by Crippen LogP contribution is -2.47. The number of hydrogen-bond acceptors (Lipinski definition) is 7. The molecule has 26 heavy (non-hydrogen) atoms. The van der Waals surface area contributed by atoms with E-state index < -0.39 is 24.9 Å². The number of amides is 1. The first-order valence-corrected chi connectivity index (χ1v) is 11.5. The van der Waals surface area contributed by atoms with Crippen LogP contribution in [0.15, 0.2) is 34.2 Å². The second-order valence-electron chi connectivity index (χ2n) is 5.78. The SMILES string of the molecule is CCCC1(NS(=O)(=O)c2ccc(NC(C)=O)cc2)CN=C(S(N)(=O)=O)S1. The highest BCUT2D eigenvalue weighted by atomic mass is 32.3. The molecule has 4 N–H and O–H groups in total. The maximum atomic E-state index is 12.7. The van der Waals surface area contributed by atoms with E-state index in [1.54, 1.807) is 0 Å². The molecule has 1 aromatic carbocycles. The Balaban J connectivity index is 2.24. The standard InChI is InChI=1S/C14H20N4O5S3/c1-3-8-14(9-16-13(24-14)25(15,20)21)18-26(22,23)12-6-4-11(5-7-12)17-10(2)19/h4-7,18H,3,8-9H2,1-2H3,(H,17,19)(H2,15,20,21). The van der Waals surface area contributed by atoms with Crippen molar-refractivity contribution in [3.63, 3.8) is 0 Å². The summed E-state index contributed by atoms with van der Waals surface area (Å²) in [6.45, 7) is 3.18. The number of sulfonamides is 2. The molecule has 9 nitrogen and oxygen atoms in total. The molecule has 0 bridgehead atoms. The monoisotopic (exact) mass is 420 g/mol. The van der Waals surface area contributed by atoms with Gasteiger partial charge in [-0.2, -0.15) is 4.72 Å². The number of nitrogens with zero attached hydrogens (tertiary/aromatic N) is 1. The molecular weight excluding hydrogens is 400 g/mol. The summed E-state index contributed by atoms with van der Waals surface area (Å²) >= 11 is 0.812. The first kappa shape index (κ1) is 20.8. The van der Waals surface area contributed by atoms with Gasteiger partial charge in [-0.15, -0.1) is 0 Å². The maximum absolute atomic E-state index is 12.7. The van der Waals surface area contributed by atoms with Gasteiger partial charge < -0.3 is 5.32 Å². The summed E-state index contributed by atoms with van der Waals surface area (Å²) in [6.07, 6.45) is 0.994. The number of hydrogen-bond donors (Lipinski definition) is 3. The molecule has 1 heterocycles. The smallest absolute Gasteiger partial charge is 0.261 e. The zero-order valence-corrected chi connectivity index (χ0v) is 16.7. The van der Waals surface area contributed by atoms with Crippen molar-refractivity contribution >= 4 is 47.8 Å². The van der Waals surface area contributed by atoms with Crippen LogP contribution in [0.25, 0.3) is 0 Å². The molecule has 144 valence electrons. The van der Waals surface area contributed by atoms with E-state index >= 15 is 0 Å². The Bertz CT molecular complexity index is 926. The number of carbonyl (C=O) groups is 1. The number of anilines is 1. The van der Waals surface area contributed by atoms with Gasteiger partial charge in [0.05, 0.1) is 11.4 Å². The van der Waals surface area contributed by atoms with E-state index in [0.717, 1.165) is 11.8 Å². The van der Waals surface area contributed by atoms with Gasteiger partial charge in [0.1, 0.15) is 4.87 Å². The van der Waals surface area contributed by atoms with Gasteiger partial charge in [-0.3, -0.25) is 9.79 Å². The fourth-order valence-corrected chi connectivity index (χ4v) is 6.29. The van der Waals surface area contributed by atoms with Gasteiger partial charge in [0.2, 0.25) is 20.3 Å². The molecule has 1 aromatic rings. The van der Waals surface area contributed by atoms with Crippen molar-refractivity contribution < 1.29 is 21.6 Å². The van der Waals surface area contributed by atoms with Crippen LogP contribution in [0.5, 0.6) is 0 Å². The van der Waals surface area contributed by atoms with Crippen LogP contribution in [0, 0.1) is 0 Å². The summed E-state index contributed by atoms with van der Waals surface area (Å²) in [4.78, 5) is 13.8. The number of carbonyl (C=O) groups excluding carboxylic acids is 1. The van der Waals surface area contributed by atoms with Gasteiger partial charge in [-0.05, 0) is 30.7 Å². The average molecular weight is 421 g/mol. The third kappa shape index (κ3) is 5.04. The Morgan fingerprint density at radius 2 is 1.88 bits per heavy atom. The third-order valence-corrected chi connectivity index (χ3v) is 7.82. The van der Waals surface area contributed by atoms with Crippen LogP contribution in [0.3, 0.4) is 0 Å². The zero-order valence-electron chi connectivity index (χ0n) is 14.2. The summed E-state index contributed by atoms with van der Waals surface area (Å²) in [6, 6.07) is 5.65. The van der Waals surface area contributed by atoms with Crippen LogP contribution in [-0.2, 0) is 24.8 Å². The lowest BCUT2D eigenvalue weighted by molar-refractivity contribution is -0.114. The molecule has 0 fully saturated rings. The van der Waals surface area contributed by atoms with Crippen LogP contribution >= 0.6 is 11.8 Å². The molecule has 0 spiro atoms. The van der Waals surface area contributed by atoms with E-state index in [9.17, 15) is 21.6 Å². The highest BCUT2D eigenvalue weighted by Gasteiger charge is 2.43. The predicted octanol–water partition coefficient (Wildman–Crippen LogP) is 0.811. The number of nitrogens with two attached hydrogens (primary N) is 1. The molecule has 1 aliphatic rings. The number of primary sulfonamides is 1. The second kappa shape index (κ2) is 7.64. The van der Waals surface area contributed by atoms with E-state index in [0.29, 0.717) is 18.5 Å². The normalized spacial score (nSPS) is 20.7. The van der Waals surface area contributed by atoms with E-state index in [1.165, 1.54) is 31.2 Å². The van der Waals surface area contributed by atoms with Gasteiger partial charge in [0.25, 0.3) is 10.0 Å². The van der Waals surface area contributed by atoms with Crippen molar-refractivity contribution in [3.8, 4) is 0 Å². The Kier molecular flexibility index (Phi) is 6.13. The molecule has 12 heteroatoms. The summed E-state index contributed by atoms with van der Waals surface area (Å²) in [7, 11) is -7.92. The summed E-state index contributed by atoms with van der Waals surface area (Å²) in [5.74, 6) is -0.268. The van der Waals surface area contributed by atoms with Crippen molar-refractivity contribution in [3.05, 3.63) is 24.3 Å². The minimum Gasteiger partial charge on any atom is -0.326 e. The maximum Gasteiger partial charge on any atom is 0.261 e. The lowest BCUT2D eigenvalue weighted by atomic mass is 10.2. The predicted molar refractivity (Wildman–Crippen MR) is 102 cm³/mol. The number of aliphatic imine (C=N–C) groups is 1. The Morgan fingerprint density at radius 1 is 1.27 bits per heavy atom. The second-order valence-corrected chi connectivity index (χ2v) is 10.6. The van der Waals surface area contributed by atoms with Crippen molar-refractivity contribution in [2.24, 2.45) is 10.1 Å². The lowest BCUT2D eigenvalue weighted by Gasteiger charge is -2.27. The summed E-state index contributed by atoms with van der Waals surface area (Å²) in [5.41, 5.74) is 0.467. The van der Waals surface area contributed by atoms with Gasteiger partial charge in [0, 0.05) is 12.6 Å². The molecule has 1 atom stereocenters. The molecule has 2 rings (SSSR count). The van der Waals surface area contributed by atoms with Crippen molar-refractivity contribution in [1.29, 1.82) is 0 Å². The molecule has 1 unspecified atom stereocenters. The van der Waals surface area contributed by atoms with Crippen LogP contribution < -0.4 is 15.2 Å². The van der Waals surface area contributed by atoms with E-state index in [4.69, 9.17) is 5.14 Å². The fraction of sp³-hybridized carbons (Fsp3) is 0.429. The number of thioether (sulfide) groups is 1. The minimum atomic E-state index is -3.99. The van der Waals surface area contributed by atoms with Gasteiger partial charge in [-0.25, -0.2) is 22.0 Å². The Hall–Kier alpha value is -1.47. The molecule has 0 aromatic heterocycles. The van der Waals surface area contributed by atoms with Crippen molar-refractivity contribution in [1.82, 2.24) is 4.72 Å². The number of benzene rings is 1. The quantitative estimate of drug-likeness (QED) is 0.620. The summed E-state index contributed by atoms with van der Waals surface area (Å²) in [5, 5.41) is 7.65. The topological polar surface area (TPSA) is 148 Å². The Morgan fingerprint density at radius 3 is 2.35 bits per heavy atom. The van der Waals surface area contributed by atoms with Crippen LogP contribution in [0.2, 0.25) is 0 Å².